The van der Waals surface area contributed by atoms with Crippen LogP contribution < -0.4 is 19.3 Å². The molecule has 2 aliphatic heterocycles. The maximum Gasteiger partial charge on any atom is 0.416 e. The van der Waals surface area contributed by atoms with Gasteiger partial charge in [-0.3, -0.25) is 4.31 Å². The van der Waals surface area contributed by atoms with Crippen LogP contribution in [0, 0.1) is 6.92 Å². The fourth-order valence-corrected chi connectivity index (χ4v) is 5.71. The number of aryl methyl sites for hydroxylation is 1. The Morgan fingerprint density at radius 1 is 1.03 bits per heavy atom. The summed E-state index contributed by atoms with van der Waals surface area (Å²) in [4.78, 5) is 2.07. The lowest BCUT2D eigenvalue weighted by atomic mass is 10.0. The lowest BCUT2D eigenvalue weighted by Gasteiger charge is -2.31. The largest absolute Gasteiger partial charge is 0.495 e. The summed E-state index contributed by atoms with van der Waals surface area (Å²) >= 11 is 0. The molecule has 0 atom stereocenters. The van der Waals surface area contributed by atoms with Gasteiger partial charge in [0.25, 0.3) is 10.0 Å². The van der Waals surface area contributed by atoms with Gasteiger partial charge < -0.3 is 15.0 Å². The molecule has 0 aliphatic carbocycles. The molecule has 0 saturated carbocycles. The van der Waals surface area contributed by atoms with Crippen molar-refractivity contribution in [1.29, 1.82) is 0 Å². The van der Waals surface area contributed by atoms with Crippen LogP contribution in [0.15, 0.2) is 35.2 Å². The monoisotopic (exact) mass is 491 g/mol. The predicted octanol–water partition coefficient (Wildman–Crippen LogP) is 3.61. The number of piperazine rings is 1. The van der Waals surface area contributed by atoms with Crippen LogP contribution in [0.3, 0.4) is 0 Å². The average Bonchev–Trinajstić information content (AvgIpc) is 3.16. The van der Waals surface area contributed by atoms with E-state index in [4.69, 9.17) is 4.74 Å². The molecular weight excluding hydrogens is 467 g/mol. The molecule has 11 heteroatoms. The molecule has 2 heterocycles. The molecule has 0 radical (unpaired) electrons. The van der Waals surface area contributed by atoms with Crippen LogP contribution in [0.5, 0.6) is 5.75 Å². The summed E-state index contributed by atoms with van der Waals surface area (Å²) in [5, 5.41) is 3.24. The Balaban J connectivity index is 0.00000289. The molecule has 0 spiro atoms. The number of fused-ring (bicyclic) bond motifs is 1. The van der Waals surface area contributed by atoms with Crippen LogP contribution in [-0.4, -0.2) is 48.3 Å². The number of anilines is 2. The van der Waals surface area contributed by atoms with Crippen molar-refractivity contribution >= 4 is 33.8 Å². The number of ether oxygens (including phenoxy) is 1. The van der Waals surface area contributed by atoms with Crippen molar-refractivity contribution in [2.24, 2.45) is 0 Å². The van der Waals surface area contributed by atoms with Gasteiger partial charge in [-0.25, -0.2) is 8.42 Å². The Morgan fingerprint density at radius 3 is 2.34 bits per heavy atom. The van der Waals surface area contributed by atoms with Crippen LogP contribution in [0.1, 0.15) is 16.7 Å². The Hall–Kier alpha value is -2.17. The molecule has 1 saturated heterocycles. The first-order chi connectivity index (χ1) is 14.6. The number of hydrogen-bond donors (Lipinski definition) is 1. The van der Waals surface area contributed by atoms with Crippen molar-refractivity contribution in [1.82, 2.24) is 5.32 Å². The molecule has 4 rings (SSSR count). The smallest absolute Gasteiger partial charge is 0.416 e. The van der Waals surface area contributed by atoms with E-state index in [0.717, 1.165) is 23.5 Å². The molecular formula is C21H25ClF3N3O3S. The number of rotatable bonds is 4. The molecule has 176 valence electrons. The normalized spacial score (nSPS) is 16.5. The van der Waals surface area contributed by atoms with Gasteiger partial charge in [-0.05, 0) is 48.7 Å². The lowest BCUT2D eigenvalue weighted by Crippen LogP contribution is -2.43. The van der Waals surface area contributed by atoms with E-state index in [2.05, 4.69) is 5.32 Å². The van der Waals surface area contributed by atoms with Gasteiger partial charge in [0.05, 0.1) is 28.9 Å². The number of benzene rings is 2. The first-order valence-corrected chi connectivity index (χ1v) is 11.4. The van der Waals surface area contributed by atoms with Gasteiger partial charge in [-0.1, -0.05) is 6.07 Å². The highest BCUT2D eigenvalue weighted by atomic mass is 35.5. The maximum atomic E-state index is 13.5. The van der Waals surface area contributed by atoms with Crippen molar-refractivity contribution in [2.45, 2.75) is 24.4 Å². The van der Waals surface area contributed by atoms with E-state index in [-0.39, 0.29) is 35.1 Å². The summed E-state index contributed by atoms with van der Waals surface area (Å²) in [5.74, 6) is 0.553. The van der Waals surface area contributed by atoms with Crippen molar-refractivity contribution in [3.63, 3.8) is 0 Å². The molecule has 0 bridgehead atoms. The van der Waals surface area contributed by atoms with E-state index >= 15 is 0 Å². The fraction of sp³-hybridized carbons (Fsp3) is 0.429. The Labute approximate surface area is 191 Å². The quantitative estimate of drug-likeness (QED) is 0.708. The van der Waals surface area contributed by atoms with Gasteiger partial charge >= 0.3 is 6.18 Å². The van der Waals surface area contributed by atoms with Gasteiger partial charge in [0.1, 0.15) is 5.75 Å². The molecule has 0 unspecified atom stereocenters. The first-order valence-electron chi connectivity index (χ1n) is 10.00. The van der Waals surface area contributed by atoms with Gasteiger partial charge in [-0.2, -0.15) is 13.2 Å². The number of halogens is 4. The third-order valence-electron chi connectivity index (χ3n) is 5.78. The number of sulfonamides is 1. The Kier molecular flexibility index (Phi) is 6.88. The maximum absolute atomic E-state index is 13.5. The highest BCUT2D eigenvalue weighted by molar-refractivity contribution is 7.92. The van der Waals surface area contributed by atoms with E-state index < -0.39 is 21.8 Å². The second kappa shape index (κ2) is 8.99. The standard InChI is InChI=1S/C21H24F3N3O3S.ClH/c1-14-11-15-5-8-27(18(15)13-17(14)21(22,23)24)31(28,29)16-3-4-20(30-2)19(12-16)26-9-6-25-7-10-26;/h3-4,11-13,25H,5-10H2,1-2H3;1H. The SMILES string of the molecule is COc1ccc(S(=O)(=O)N2CCc3cc(C)c(C(F)(F)F)cc32)cc1N1CCNCC1.Cl. The summed E-state index contributed by atoms with van der Waals surface area (Å²) in [6.45, 7) is 4.41. The minimum absolute atomic E-state index is 0. The van der Waals surface area contributed by atoms with Gasteiger partial charge in [0.2, 0.25) is 0 Å². The van der Waals surface area contributed by atoms with Crippen LogP contribution >= 0.6 is 12.4 Å². The van der Waals surface area contributed by atoms with Crippen molar-refractivity contribution in [3.8, 4) is 5.75 Å². The zero-order valence-electron chi connectivity index (χ0n) is 17.7. The van der Waals surface area contributed by atoms with Gasteiger partial charge in [0, 0.05) is 32.7 Å². The van der Waals surface area contributed by atoms with E-state index in [1.807, 2.05) is 4.90 Å². The third-order valence-corrected chi connectivity index (χ3v) is 7.59. The lowest BCUT2D eigenvalue weighted by molar-refractivity contribution is -0.138. The second-order valence-corrected chi connectivity index (χ2v) is 9.55. The molecule has 2 aliphatic rings. The second-order valence-electron chi connectivity index (χ2n) is 7.69. The van der Waals surface area contributed by atoms with E-state index in [0.29, 0.717) is 36.5 Å². The first kappa shape index (κ1) is 24.5. The molecule has 0 aromatic heterocycles. The Bertz CT molecular complexity index is 1100. The third kappa shape index (κ3) is 4.35. The number of hydrogen-bond acceptors (Lipinski definition) is 5. The number of methoxy groups -OCH3 is 1. The Morgan fingerprint density at radius 2 is 1.72 bits per heavy atom. The minimum atomic E-state index is -4.55. The number of nitrogens with one attached hydrogen (secondary N) is 1. The summed E-state index contributed by atoms with van der Waals surface area (Å²) in [6.07, 6.45) is -4.18. The predicted molar refractivity (Wildman–Crippen MR) is 120 cm³/mol. The van der Waals surface area contributed by atoms with Crippen LogP contribution in [0.4, 0.5) is 24.5 Å². The highest BCUT2D eigenvalue weighted by Crippen LogP contribution is 2.41. The highest BCUT2D eigenvalue weighted by Gasteiger charge is 2.37. The molecule has 1 N–H and O–H groups in total. The van der Waals surface area contributed by atoms with Crippen molar-refractivity contribution in [3.05, 3.63) is 47.0 Å². The molecule has 6 nitrogen and oxygen atoms in total. The summed E-state index contributed by atoms with van der Waals surface area (Å²) in [7, 11) is -2.52. The van der Waals surface area contributed by atoms with E-state index in [1.54, 1.807) is 12.1 Å². The summed E-state index contributed by atoms with van der Waals surface area (Å²) in [6, 6.07) is 6.98. The zero-order valence-corrected chi connectivity index (χ0v) is 19.3. The topological polar surface area (TPSA) is 61.9 Å². The molecule has 32 heavy (non-hydrogen) atoms. The van der Waals surface area contributed by atoms with E-state index in [9.17, 15) is 21.6 Å². The van der Waals surface area contributed by atoms with Gasteiger partial charge in [-0.15, -0.1) is 12.4 Å². The van der Waals surface area contributed by atoms with E-state index in [1.165, 1.54) is 26.2 Å². The molecule has 0 amide bonds. The molecule has 2 aromatic rings. The zero-order chi connectivity index (χ0) is 22.4. The van der Waals surface area contributed by atoms with Crippen LogP contribution in [-0.2, 0) is 22.6 Å². The molecule has 2 aromatic carbocycles. The van der Waals surface area contributed by atoms with Crippen LogP contribution in [0.2, 0.25) is 0 Å². The molecule has 1 fully saturated rings. The average molecular weight is 492 g/mol. The minimum Gasteiger partial charge on any atom is -0.495 e. The van der Waals surface area contributed by atoms with Crippen LogP contribution in [0.25, 0.3) is 0 Å². The van der Waals surface area contributed by atoms with Gasteiger partial charge in [0.15, 0.2) is 0 Å². The van der Waals surface area contributed by atoms with Crippen molar-refractivity contribution in [2.75, 3.05) is 49.0 Å². The van der Waals surface area contributed by atoms with Crippen molar-refractivity contribution < 1.29 is 26.3 Å². The summed E-state index contributed by atoms with van der Waals surface area (Å²) < 4.78 is 73.6. The number of alkyl halides is 3. The number of nitrogens with zero attached hydrogens (tertiary/aromatic N) is 2. The summed E-state index contributed by atoms with van der Waals surface area (Å²) in [5.41, 5.74) is 0.632. The fourth-order valence-electron chi connectivity index (χ4n) is 4.20.